The Labute approximate surface area is 168 Å². The molecule has 1 unspecified atom stereocenters. The summed E-state index contributed by atoms with van der Waals surface area (Å²) in [6, 6.07) is 9.33. The molecule has 0 radical (unpaired) electrons. The molecule has 4 rings (SSSR count). The minimum Gasteiger partial charge on any atom is -0.360 e. The molecule has 1 amide bonds. The summed E-state index contributed by atoms with van der Waals surface area (Å²) in [4.78, 5) is 32.7. The van der Waals surface area contributed by atoms with Gasteiger partial charge in [-0.2, -0.15) is 0 Å². The predicted octanol–water partition coefficient (Wildman–Crippen LogP) is 2.29. The smallest absolute Gasteiger partial charge is 0.239 e. The minimum atomic E-state index is -0.205. The zero-order valence-electron chi connectivity index (χ0n) is 16.6. The maximum atomic E-state index is 13.0. The Bertz CT molecular complexity index is 1020. The second-order valence-electron chi connectivity index (χ2n) is 7.47. The van der Waals surface area contributed by atoms with Crippen molar-refractivity contribution in [3.05, 3.63) is 47.9 Å². The number of hydrogen-bond acceptors (Lipinski definition) is 6. The maximum absolute atomic E-state index is 13.0. The monoisotopic (exact) mass is 395 g/mol. The molecule has 1 atom stereocenters. The van der Waals surface area contributed by atoms with Crippen molar-refractivity contribution in [3.63, 3.8) is 0 Å². The first kappa shape index (κ1) is 19.4. The van der Waals surface area contributed by atoms with E-state index in [1.54, 1.807) is 19.2 Å². The van der Waals surface area contributed by atoms with Crippen molar-refractivity contribution in [3.8, 4) is 0 Å². The summed E-state index contributed by atoms with van der Waals surface area (Å²) in [6.07, 6.45) is 1.80. The molecule has 1 aromatic carbocycles. The lowest BCUT2D eigenvalue weighted by atomic mass is 10.0. The van der Waals surface area contributed by atoms with Crippen LogP contribution in [0.2, 0.25) is 0 Å². The van der Waals surface area contributed by atoms with Gasteiger partial charge in [0.15, 0.2) is 11.6 Å². The van der Waals surface area contributed by atoms with Crippen molar-refractivity contribution in [2.24, 2.45) is 0 Å². The lowest BCUT2D eigenvalue weighted by molar-refractivity contribution is -0.117. The van der Waals surface area contributed by atoms with Gasteiger partial charge in [0.25, 0.3) is 0 Å². The zero-order chi connectivity index (χ0) is 20.4. The molecule has 0 aliphatic carbocycles. The second kappa shape index (κ2) is 8.18. The number of nitrogens with one attached hydrogen (secondary N) is 2. The molecule has 2 aromatic heterocycles. The largest absolute Gasteiger partial charge is 0.360 e. The number of aryl methyl sites for hydroxylation is 1. The molecule has 8 nitrogen and oxygen atoms in total. The summed E-state index contributed by atoms with van der Waals surface area (Å²) < 4.78 is 4.96. The van der Waals surface area contributed by atoms with E-state index in [9.17, 15) is 9.59 Å². The van der Waals surface area contributed by atoms with E-state index in [0.717, 1.165) is 42.6 Å². The molecule has 1 fully saturated rings. The Kier molecular flexibility index (Phi) is 5.46. The summed E-state index contributed by atoms with van der Waals surface area (Å²) in [5.74, 6) is 1.09. The van der Waals surface area contributed by atoms with Crippen molar-refractivity contribution in [2.45, 2.75) is 19.9 Å². The van der Waals surface area contributed by atoms with Crippen molar-refractivity contribution in [2.75, 3.05) is 38.0 Å². The van der Waals surface area contributed by atoms with Gasteiger partial charge in [-0.05, 0) is 19.9 Å². The molecule has 8 heteroatoms. The molecule has 1 aliphatic rings. The summed E-state index contributed by atoms with van der Waals surface area (Å²) >= 11 is 0. The van der Waals surface area contributed by atoms with Gasteiger partial charge in [-0.25, -0.2) is 0 Å². The molecule has 29 heavy (non-hydrogen) atoms. The highest BCUT2D eigenvalue weighted by molar-refractivity contribution is 6.10. The van der Waals surface area contributed by atoms with Crippen LogP contribution in [-0.2, 0) is 4.79 Å². The Hall–Kier alpha value is -2.97. The summed E-state index contributed by atoms with van der Waals surface area (Å²) in [5.41, 5.74) is 1.71. The van der Waals surface area contributed by atoms with Crippen LogP contribution in [-0.4, -0.2) is 70.4 Å². The number of rotatable bonds is 6. The van der Waals surface area contributed by atoms with Crippen LogP contribution in [0.15, 0.2) is 41.1 Å². The highest BCUT2D eigenvalue weighted by Gasteiger charge is 2.28. The van der Waals surface area contributed by atoms with Crippen LogP contribution in [0, 0.1) is 6.92 Å². The SMILES string of the molecule is Cc1cc(NC(=O)CN2CCN(C(C)C(=O)c3c[nH]c4ccccc34)CC2)no1. The number of carbonyl (C=O) groups excluding carboxylic acids is 2. The van der Waals surface area contributed by atoms with Gasteiger partial charge in [-0.1, -0.05) is 23.4 Å². The van der Waals surface area contributed by atoms with Gasteiger partial charge < -0.3 is 14.8 Å². The van der Waals surface area contributed by atoms with Gasteiger partial charge in [-0.15, -0.1) is 0 Å². The molecule has 3 heterocycles. The quantitative estimate of drug-likeness (QED) is 0.622. The van der Waals surface area contributed by atoms with Crippen LogP contribution in [0.5, 0.6) is 0 Å². The molecule has 1 saturated heterocycles. The predicted molar refractivity (Wildman–Crippen MR) is 110 cm³/mol. The fourth-order valence-corrected chi connectivity index (χ4v) is 3.79. The normalized spacial score (nSPS) is 16.8. The number of aromatic amines is 1. The van der Waals surface area contributed by atoms with E-state index in [1.807, 2.05) is 31.2 Å². The minimum absolute atomic E-state index is 0.116. The van der Waals surface area contributed by atoms with Crippen LogP contribution < -0.4 is 5.32 Å². The first-order chi connectivity index (χ1) is 14.0. The molecule has 1 aliphatic heterocycles. The van der Waals surface area contributed by atoms with E-state index < -0.39 is 0 Å². The lowest BCUT2D eigenvalue weighted by Crippen LogP contribution is -2.52. The number of Topliss-reactive ketones (excluding diaryl/α,β-unsaturated/α-hetero) is 1. The third-order valence-electron chi connectivity index (χ3n) is 5.45. The number of fused-ring (bicyclic) bond motifs is 1. The summed E-state index contributed by atoms with van der Waals surface area (Å²) in [6.45, 7) is 6.98. The first-order valence-corrected chi connectivity index (χ1v) is 9.81. The fourth-order valence-electron chi connectivity index (χ4n) is 3.79. The summed E-state index contributed by atoms with van der Waals surface area (Å²) in [5, 5.41) is 7.48. The van der Waals surface area contributed by atoms with Gasteiger partial charge in [0.2, 0.25) is 5.91 Å². The summed E-state index contributed by atoms with van der Waals surface area (Å²) in [7, 11) is 0. The second-order valence-corrected chi connectivity index (χ2v) is 7.47. The number of aromatic nitrogens is 2. The first-order valence-electron chi connectivity index (χ1n) is 9.81. The molecule has 0 saturated carbocycles. The number of amides is 1. The number of para-hydroxylation sites is 1. The highest BCUT2D eigenvalue weighted by atomic mass is 16.5. The van der Waals surface area contributed by atoms with Gasteiger partial charge in [0.05, 0.1) is 12.6 Å². The molecular formula is C21H25N5O3. The number of H-pyrrole nitrogens is 1. The van der Waals surface area contributed by atoms with Crippen molar-refractivity contribution in [1.29, 1.82) is 0 Å². The van der Waals surface area contributed by atoms with Crippen LogP contribution in [0.25, 0.3) is 10.9 Å². The van der Waals surface area contributed by atoms with E-state index >= 15 is 0 Å². The number of ketones is 1. The average Bonchev–Trinajstić information content (AvgIpc) is 3.33. The number of piperazine rings is 1. The van der Waals surface area contributed by atoms with Gasteiger partial charge in [0.1, 0.15) is 5.76 Å². The van der Waals surface area contributed by atoms with E-state index in [4.69, 9.17) is 4.52 Å². The van der Waals surface area contributed by atoms with Crippen molar-refractivity contribution < 1.29 is 14.1 Å². The Morgan fingerprint density at radius 3 is 2.72 bits per heavy atom. The number of anilines is 1. The van der Waals surface area contributed by atoms with E-state index in [1.165, 1.54) is 0 Å². The average molecular weight is 395 g/mol. The van der Waals surface area contributed by atoms with Crippen LogP contribution >= 0.6 is 0 Å². The van der Waals surface area contributed by atoms with Crippen molar-refractivity contribution in [1.82, 2.24) is 19.9 Å². The standard InChI is InChI=1S/C21H25N5O3/c1-14-11-19(24-29-14)23-20(27)13-25-7-9-26(10-8-25)15(2)21(28)17-12-22-18-6-4-3-5-16(17)18/h3-6,11-12,15,22H,7-10,13H2,1-2H3,(H,23,24,27). The molecule has 0 bridgehead atoms. The topological polar surface area (TPSA) is 94.5 Å². The molecule has 2 N–H and O–H groups in total. The Morgan fingerprint density at radius 1 is 1.24 bits per heavy atom. The lowest BCUT2D eigenvalue weighted by Gasteiger charge is -2.37. The number of nitrogens with zero attached hydrogens (tertiary/aromatic N) is 3. The molecule has 0 spiro atoms. The zero-order valence-corrected chi connectivity index (χ0v) is 16.6. The van der Waals surface area contributed by atoms with Gasteiger partial charge in [0, 0.05) is 54.9 Å². The van der Waals surface area contributed by atoms with Crippen LogP contribution in [0.1, 0.15) is 23.0 Å². The number of carbonyl (C=O) groups is 2. The van der Waals surface area contributed by atoms with Gasteiger partial charge in [-0.3, -0.25) is 19.4 Å². The third-order valence-corrected chi connectivity index (χ3v) is 5.45. The van der Waals surface area contributed by atoms with E-state index in [0.29, 0.717) is 18.1 Å². The van der Waals surface area contributed by atoms with Crippen LogP contribution in [0.3, 0.4) is 0 Å². The highest BCUT2D eigenvalue weighted by Crippen LogP contribution is 2.21. The molecular weight excluding hydrogens is 370 g/mol. The molecule has 3 aromatic rings. The van der Waals surface area contributed by atoms with E-state index in [-0.39, 0.29) is 17.7 Å². The molecule has 152 valence electrons. The van der Waals surface area contributed by atoms with Crippen LogP contribution in [0.4, 0.5) is 5.82 Å². The Balaban J connectivity index is 1.30. The van der Waals surface area contributed by atoms with E-state index in [2.05, 4.69) is 25.3 Å². The fraction of sp³-hybridized carbons (Fsp3) is 0.381. The maximum Gasteiger partial charge on any atom is 0.239 e. The van der Waals surface area contributed by atoms with Crippen molar-refractivity contribution >= 4 is 28.4 Å². The number of hydrogen-bond donors (Lipinski definition) is 2. The van der Waals surface area contributed by atoms with Gasteiger partial charge >= 0.3 is 0 Å². The third kappa shape index (κ3) is 4.23. The Morgan fingerprint density at radius 2 is 2.00 bits per heavy atom. The number of benzene rings is 1.